The summed E-state index contributed by atoms with van der Waals surface area (Å²) in [4.78, 5) is 0. The van der Waals surface area contributed by atoms with Crippen LogP contribution in [0.15, 0.2) is 48.5 Å². The summed E-state index contributed by atoms with van der Waals surface area (Å²) in [5, 5.41) is 11.3. The molecule has 4 rings (SSSR count). The molecule has 0 spiro atoms. The van der Waals surface area contributed by atoms with Crippen molar-refractivity contribution in [1.82, 2.24) is 0 Å². The van der Waals surface area contributed by atoms with Gasteiger partial charge in [-0.1, -0.05) is 69.5 Å². The average Bonchev–Trinajstić information content (AvgIpc) is 2.74. The van der Waals surface area contributed by atoms with Crippen LogP contribution in [-0.4, -0.2) is 10.7 Å². The molecule has 0 amide bonds. The molecule has 2 aromatic carbocycles. The van der Waals surface area contributed by atoms with E-state index in [0.717, 1.165) is 44.3 Å². The van der Waals surface area contributed by atoms with Crippen LogP contribution in [0.4, 0.5) is 0 Å². The van der Waals surface area contributed by atoms with Crippen LogP contribution in [0.3, 0.4) is 0 Å². The van der Waals surface area contributed by atoms with Gasteiger partial charge in [-0.25, -0.2) is 0 Å². The fourth-order valence-electron chi connectivity index (χ4n) is 5.53. The SMILES string of the molecule is CCCCC[C@]1(O)CC[C@]2(C)CCc3cc(OCc4ccccc4)ccc3[C@H]2C1. The number of aliphatic hydroxyl groups is 1. The average molecular weight is 393 g/mol. The molecule has 0 aliphatic heterocycles. The maximum atomic E-state index is 11.3. The zero-order chi connectivity index (χ0) is 20.3. The normalized spacial score (nSPS) is 28.4. The summed E-state index contributed by atoms with van der Waals surface area (Å²) in [6.45, 7) is 5.29. The van der Waals surface area contributed by atoms with Gasteiger partial charge < -0.3 is 9.84 Å². The van der Waals surface area contributed by atoms with Gasteiger partial charge in [-0.2, -0.15) is 0 Å². The van der Waals surface area contributed by atoms with Crippen molar-refractivity contribution in [3.05, 3.63) is 65.2 Å². The van der Waals surface area contributed by atoms with E-state index in [0.29, 0.717) is 17.9 Å². The summed E-state index contributed by atoms with van der Waals surface area (Å²) in [7, 11) is 0. The number of benzene rings is 2. The molecule has 2 heteroatoms. The van der Waals surface area contributed by atoms with Gasteiger partial charge in [-0.3, -0.25) is 0 Å². The van der Waals surface area contributed by atoms with E-state index >= 15 is 0 Å². The molecule has 156 valence electrons. The van der Waals surface area contributed by atoms with E-state index in [9.17, 15) is 5.11 Å². The molecule has 0 aromatic heterocycles. The molecule has 0 unspecified atom stereocenters. The Labute approximate surface area is 176 Å². The van der Waals surface area contributed by atoms with Crippen LogP contribution in [-0.2, 0) is 13.0 Å². The molecule has 29 heavy (non-hydrogen) atoms. The van der Waals surface area contributed by atoms with Crippen LogP contribution < -0.4 is 4.74 Å². The van der Waals surface area contributed by atoms with E-state index < -0.39 is 5.60 Å². The van der Waals surface area contributed by atoms with Gasteiger partial charge in [0, 0.05) is 0 Å². The minimum atomic E-state index is -0.476. The third kappa shape index (κ3) is 4.53. The summed E-state index contributed by atoms with van der Waals surface area (Å²) in [5.74, 6) is 1.43. The Balaban J connectivity index is 1.49. The minimum absolute atomic E-state index is 0.330. The van der Waals surface area contributed by atoms with E-state index in [1.807, 2.05) is 6.07 Å². The predicted octanol–water partition coefficient (Wildman–Crippen LogP) is 6.80. The first-order chi connectivity index (χ1) is 14.0. The van der Waals surface area contributed by atoms with Crippen LogP contribution in [0.2, 0.25) is 0 Å². The molecular formula is C27H36O2. The van der Waals surface area contributed by atoms with E-state index in [1.165, 1.54) is 36.0 Å². The highest BCUT2D eigenvalue weighted by molar-refractivity contribution is 5.41. The van der Waals surface area contributed by atoms with E-state index in [4.69, 9.17) is 4.74 Å². The van der Waals surface area contributed by atoms with Crippen molar-refractivity contribution >= 4 is 0 Å². The quantitative estimate of drug-likeness (QED) is 0.525. The second-order valence-corrected chi connectivity index (χ2v) is 9.73. The Kier molecular flexibility index (Phi) is 6.01. The van der Waals surface area contributed by atoms with Gasteiger partial charge in [0.15, 0.2) is 0 Å². The number of unbranched alkanes of at least 4 members (excludes halogenated alkanes) is 2. The topological polar surface area (TPSA) is 29.5 Å². The van der Waals surface area contributed by atoms with Crippen molar-refractivity contribution in [2.75, 3.05) is 0 Å². The Bertz CT molecular complexity index is 815. The maximum absolute atomic E-state index is 11.3. The molecule has 1 N–H and O–H groups in total. The van der Waals surface area contributed by atoms with Gasteiger partial charge >= 0.3 is 0 Å². The van der Waals surface area contributed by atoms with Crippen LogP contribution >= 0.6 is 0 Å². The number of fused-ring (bicyclic) bond motifs is 3. The summed E-state index contributed by atoms with van der Waals surface area (Å²) in [6.07, 6.45) is 9.93. The third-order valence-electron chi connectivity index (χ3n) is 7.54. The lowest BCUT2D eigenvalue weighted by molar-refractivity contribution is -0.0547. The van der Waals surface area contributed by atoms with Gasteiger partial charge in [0.2, 0.25) is 0 Å². The van der Waals surface area contributed by atoms with Crippen molar-refractivity contribution < 1.29 is 9.84 Å². The molecular weight excluding hydrogens is 356 g/mol. The Morgan fingerprint density at radius 2 is 1.86 bits per heavy atom. The Morgan fingerprint density at radius 1 is 1.03 bits per heavy atom. The highest BCUT2D eigenvalue weighted by atomic mass is 16.5. The highest BCUT2D eigenvalue weighted by Gasteiger charge is 2.48. The lowest BCUT2D eigenvalue weighted by Crippen LogP contribution is -2.45. The summed E-state index contributed by atoms with van der Waals surface area (Å²) < 4.78 is 6.08. The second kappa shape index (κ2) is 8.52. The molecule has 0 bridgehead atoms. The fourth-order valence-corrected chi connectivity index (χ4v) is 5.53. The van der Waals surface area contributed by atoms with E-state index in [-0.39, 0.29) is 0 Å². The lowest BCUT2D eigenvalue weighted by Gasteiger charge is -2.51. The van der Waals surface area contributed by atoms with Gasteiger partial charge in [-0.05, 0) is 78.7 Å². The second-order valence-electron chi connectivity index (χ2n) is 9.73. The monoisotopic (exact) mass is 392 g/mol. The van der Waals surface area contributed by atoms with Crippen LogP contribution in [0.25, 0.3) is 0 Å². The molecule has 1 saturated carbocycles. The van der Waals surface area contributed by atoms with Gasteiger partial charge in [-0.15, -0.1) is 0 Å². The van der Waals surface area contributed by atoms with Gasteiger partial charge in [0.1, 0.15) is 12.4 Å². The molecule has 0 heterocycles. The third-order valence-corrected chi connectivity index (χ3v) is 7.54. The van der Waals surface area contributed by atoms with Gasteiger partial charge in [0.25, 0.3) is 0 Å². The smallest absolute Gasteiger partial charge is 0.120 e. The first-order valence-corrected chi connectivity index (χ1v) is 11.5. The van der Waals surface area contributed by atoms with E-state index in [2.05, 4.69) is 56.3 Å². The number of hydrogen-bond acceptors (Lipinski definition) is 2. The highest BCUT2D eigenvalue weighted by Crippen LogP contribution is 2.57. The zero-order valence-electron chi connectivity index (χ0n) is 18.1. The molecule has 2 nitrogen and oxygen atoms in total. The van der Waals surface area contributed by atoms with Crippen molar-refractivity contribution in [3.8, 4) is 5.75 Å². The van der Waals surface area contributed by atoms with Crippen LogP contribution in [0, 0.1) is 5.41 Å². The number of hydrogen-bond donors (Lipinski definition) is 1. The van der Waals surface area contributed by atoms with Gasteiger partial charge in [0.05, 0.1) is 5.60 Å². The zero-order valence-corrected chi connectivity index (χ0v) is 18.1. The molecule has 2 aromatic rings. The molecule has 3 atom stereocenters. The van der Waals surface area contributed by atoms with Crippen molar-refractivity contribution in [2.45, 2.75) is 89.8 Å². The largest absolute Gasteiger partial charge is 0.489 e. The van der Waals surface area contributed by atoms with Crippen molar-refractivity contribution in [2.24, 2.45) is 5.41 Å². The van der Waals surface area contributed by atoms with E-state index in [1.54, 1.807) is 0 Å². The molecule has 0 radical (unpaired) electrons. The van der Waals surface area contributed by atoms with Crippen molar-refractivity contribution in [1.29, 1.82) is 0 Å². The van der Waals surface area contributed by atoms with Crippen molar-refractivity contribution in [3.63, 3.8) is 0 Å². The first-order valence-electron chi connectivity index (χ1n) is 11.5. The maximum Gasteiger partial charge on any atom is 0.120 e. The summed E-state index contributed by atoms with van der Waals surface area (Å²) >= 11 is 0. The molecule has 2 aliphatic rings. The number of ether oxygens (including phenoxy) is 1. The molecule has 0 saturated heterocycles. The molecule has 1 fully saturated rings. The number of aryl methyl sites for hydroxylation is 1. The summed E-state index contributed by atoms with van der Waals surface area (Å²) in [5.41, 5.74) is 3.94. The summed E-state index contributed by atoms with van der Waals surface area (Å²) in [6, 6.07) is 17.0. The van der Waals surface area contributed by atoms with Crippen LogP contribution in [0.1, 0.15) is 87.8 Å². The Morgan fingerprint density at radius 3 is 2.66 bits per heavy atom. The standard InChI is InChI=1S/C27H36O2/c1-3-4-8-14-27(28)17-16-26(2)15-13-22-18-23(11-12-24(22)25(26)19-27)29-20-21-9-6-5-7-10-21/h5-7,9-12,18,25,28H,3-4,8,13-17,19-20H2,1-2H3/t25-,26+,27+/m1/s1. The van der Waals surface area contributed by atoms with Crippen LogP contribution in [0.5, 0.6) is 5.75 Å². The fraction of sp³-hybridized carbons (Fsp3) is 0.556. The lowest BCUT2D eigenvalue weighted by atomic mass is 9.55. The Hall–Kier alpha value is -1.80. The first kappa shape index (κ1) is 20.5. The minimum Gasteiger partial charge on any atom is -0.489 e. The molecule has 2 aliphatic carbocycles. The predicted molar refractivity (Wildman–Crippen MR) is 119 cm³/mol. The number of rotatable bonds is 7.